The normalized spacial score (nSPS) is 23.8. The number of aliphatic carboxylic acids is 1. The van der Waals surface area contributed by atoms with Gasteiger partial charge in [0.1, 0.15) is 12.0 Å². The number of hydrogen-bond donors (Lipinski definition) is 1. The van der Waals surface area contributed by atoms with Gasteiger partial charge in [-0.25, -0.2) is 4.79 Å². The summed E-state index contributed by atoms with van der Waals surface area (Å²) >= 11 is 0. The summed E-state index contributed by atoms with van der Waals surface area (Å²) in [5, 5.41) is 9.37. The molecule has 0 saturated carbocycles. The van der Waals surface area contributed by atoms with E-state index in [9.17, 15) is 19.5 Å². The number of benzene rings is 1. The van der Waals surface area contributed by atoms with Gasteiger partial charge in [0.05, 0.1) is 0 Å². The molecule has 2 amide bonds. The second-order valence-electron chi connectivity index (χ2n) is 7.06. The Morgan fingerprint density at radius 3 is 2.36 bits per heavy atom. The first kappa shape index (κ1) is 17.5. The van der Waals surface area contributed by atoms with E-state index < -0.39 is 17.9 Å². The zero-order valence-electron chi connectivity index (χ0n) is 14.7. The highest BCUT2D eigenvalue weighted by Crippen LogP contribution is 2.30. The van der Waals surface area contributed by atoms with E-state index in [1.165, 1.54) is 4.90 Å². The third-order valence-corrected chi connectivity index (χ3v) is 5.09. The quantitative estimate of drug-likeness (QED) is 0.852. The van der Waals surface area contributed by atoms with E-state index in [0.717, 1.165) is 29.7 Å². The molecule has 2 aliphatic heterocycles. The van der Waals surface area contributed by atoms with Crippen LogP contribution < -0.4 is 4.90 Å². The standard InChI is InChI=1S/C19H24N2O4/c1-12-9-13(2)11-14(10-12)20-8-6-15(17(20)22)18(23)21-7-4-3-5-16(21)19(24)25/h9-11,15-16H,3-8H2,1-2H3,(H,24,25). The lowest BCUT2D eigenvalue weighted by Crippen LogP contribution is -2.51. The van der Waals surface area contributed by atoms with Crippen LogP contribution in [0.15, 0.2) is 18.2 Å². The van der Waals surface area contributed by atoms with Crippen molar-refractivity contribution >= 4 is 23.5 Å². The monoisotopic (exact) mass is 344 g/mol. The highest BCUT2D eigenvalue weighted by Gasteiger charge is 2.43. The largest absolute Gasteiger partial charge is 0.480 e. The Kier molecular flexibility index (Phi) is 4.79. The summed E-state index contributed by atoms with van der Waals surface area (Å²) in [7, 11) is 0. The topological polar surface area (TPSA) is 77.9 Å². The van der Waals surface area contributed by atoms with Crippen molar-refractivity contribution in [3.63, 3.8) is 0 Å². The number of hydrogen-bond acceptors (Lipinski definition) is 3. The lowest BCUT2D eigenvalue weighted by Gasteiger charge is -2.34. The van der Waals surface area contributed by atoms with E-state index in [1.54, 1.807) is 4.90 Å². The summed E-state index contributed by atoms with van der Waals surface area (Å²) in [5.41, 5.74) is 2.95. The van der Waals surface area contributed by atoms with Gasteiger partial charge in [0.25, 0.3) is 0 Å². The average molecular weight is 344 g/mol. The number of amides is 2. The molecule has 2 atom stereocenters. The zero-order valence-corrected chi connectivity index (χ0v) is 14.7. The fraction of sp³-hybridized carbons (Fsp3) is 0.526. The number of piperidine rings is 1. The molecule has 1 aromatic rings. The van der Waals surface area contributed by atoms with E-state index >= 15 is 0 Å². The molecule has 2 saturated heterocycles. The van der Waals surface area contributed by atoms with Gasteiger partial charge in [0.15, 0.2) is 0 Å². The van der Waals surface area contributed by atoms with Gasteiger partial charge >= 0.3 is 5.97 Å². The van der Waals surface area contributed by atoms with Gasteiger partial charge in [-0.2, -0.15) is 0 Å². The van der Waals surface area contributed by atoms with Gasteiger partial charge in [-0.1, -0.05) is 6.07 Å². The summed E-state index contributed by atoms with van der Waals surface area (Å²) < 4.78 is 0. The first-order chi connectivity index (χ1) is 11.9. The molecular weight excluding hydrogens is 320 g/mol. The van der Waals surface area contributed by atoms with Gasteiger partial charge in [0, 0.05) is 18.8 Å². The minimum atomic E-state index is -0.982. The summed E-state index contributed by atoms with van der Waals surface area (Å²) in [6, 6.07) is 5.12. The van der Waals surface area contributed by atoms with E-state index in [1.807, 2.05) is 32.0 Å². The van der Waals surface area contributed by atoms with Gasteiger partial charge in [-0.15, -0.1) is 0 Å². The van der Waals surface area contributed by atoms with Crippen molar-refractivity contribution in [3.05, 3.63) is 29.3 Å². The van der Waals surface area contributed by atoms with E-state index in [2.05, 4.69) is 0 Å². The van der Waals surface area contributed by atoms with Crippen LogP contribution in [0, 0.1) is 19.8 Å². The Balaban J connectivity index is 1.79. The average Bonchev–Trinajstić information content (AvgIpc) is 2.95. The number of carbonyl (C=O) groups excluding carboxylic acids is 2. The van der Waals surface area contributed by atoms with Crippen LogP contribution in [-0.2, 0) is 14.4 Å². The number of nitrogens with zero attached hydrogens (tertiary/aromatic N) is 2. The number of aryl methyl sites for hydroxylation is 2. The Hall–Kier alpha value is -2.37. The van der Waals surface area contributed by atoms with Crippen LogP contribution >= 0.6 is 0 Å². The molecular formula is C19H24N2O4. The maximum atomic E-state index is 12.9. The lowest BCUT2D eigenvalue weighted by atomic mass is 9.98. The van der Waals surface area contributed by atoms with Gasteiger partial charge < -0.3 is 14.9 Å². The van der Waals surface area contributed by atoms with Gasteiger partial charge in [0.2, 0.25) is 11.8 Å². The highest BCUT2D eigenvalue weighted by atomic mass is 16.4. The molecule has 1 N–H and O–H groups in total. The number of carboxylic acid groups (broad SMARTS) is 1. The minimum absolute atomic E-state index is 0.218. The third-order valence-electron chi connectivity index (χ3n) is 5.09. The summed E-state index contributed by atoms with van der Waals surface area (Å²) in [6.45, 7) is 4.86. The molecule has 2 fully saturated rings. The van der Waals surface area contributed by atoms with Crippen molar-refractivity contribution in [3.8, 4) is 0 Å². The Bertz CT molecular complexity index is 695. The molecule has 1 aromatic carbocycles. The SMILES string of the molecule is Cc1cc(C)cc(N2CCC(C(=O)N3CCCCC3C(=O)O)C2=O)c1. The Morgan fingerprint density at radius 1 is 1.04 bits per heavy atom. The predicted octanol–water partition coefficient (Wildman–Crippen LogP) is 2.12. The maximum absolute atomic E-state index is 12.9. The number of rotatable bonds is 3. The second kappa shape index (κ2) is 6.86. The first-order valence-electron chi connectivity index (χ1n) is 8.81. The summed E-state index contributed by atoms with van der Waals surface area (Å²) in [6.07, 6.45) is 2.49. The van der Waals surface area contributed by atoms with Crippen LogP contribution in [0.2, 0.25) is 0 Å². The van der Waals surface area contributed by atoms with Crippen molar-refractivity contribution in [2.75, 3.05) is 18.0 Å². The van der Waals surface area contributed by atoms with Crippen LogP contribution in [0.3, 0.4) is 0 Å². The van der Waals surface area contributed by atoms with E-state index in [-0.39, 0.29) is 11.8 Å². The molecule has 6 nitrogen and oxygen atoms in total. The number of likely N-dealkylation sites (tertiary alicyclic amines) is 1. The van der Waals surface area contributed by atoms with Crippen LogP contribution in [-0.4, -0.2) is 46.9 Å². The number of anilines is 1. The molecule has 6 heteroatoms. The number of carbonyl (C=O) groups is 3. The van der Waals surface area contributed by atoms with Crippen LogP contribution in [0.5, 0.6) is 0 Å². The van der Waals surface area contributed by atoms with Crippen LogP contribution in [0.4, 0.5) is 5.69 Å². The molecule has 0 spiro atoms. The van der Waals surface area contributed by atoms with Gasteiger partial charge in [-0.05, 0) is 62.8 Å². The smallest absolute Gasteiger partial charge is 0.326 e. The third kappa shape index (κ3) is 3.38. The minimum Gasteiger partial charge on any atom is -0.480 e. The predicted molar refractivity (Wildman–Crippen MR) is 93.4 cm³/mol. The van der Waals surface area contributed by atoms with Crippen molar-refractivity contribution in [1.29, 1.82) is 0 Å². The molecule has 2 aliphatic rings. The summed E-state index contributed by atoms with van der Waals surface area (Å²) in [4.78, 5) is 40.2. The zero-order chi connectivity index (χ0) is 18.1. The van der Waals surface area contributed by atoms with Crippen molar-refractivity contribution < 1.29 is 19.5 Å². The molecule has 2 heterocycles. The molecule has 0 bridgehead atoms. The van der Waals surface area contributed by atoms with E-state index in [4.69, 9.17) is 0 Å². The lowest BCUT2D eigenvalue weighted by molar-refractivity contribution is -0.155. The molecule has 2 unspecified atom stereocenters. The Morgan fingerprint density at radius 2 is 1.72 bits per heavy atom. The van der Waals surface area contributed by atoms with E-state index in [0.29, 0.717) is 25.9 Å². The second-order valence-corrected chi connectivity index (χ2v) is 7.06. The number of carboxylic acids is 1. The molecule has 3 rings (SSSR count). The molecule has 134 valence electrons. The summed E-state index contributed by atoms with van der Waals surface area (Å²) in [5.74, 6) is -2.29. The van der Waals surface area contributed by atoms with Crippen molar-refractivity contribution in [2.24, 2.45) is 5.92 Å². The van der Waals surface area contributed by atoms with Crippen LogP contribution in [0.25, 0.3) is 0 Å². The molecule has 0 aliphatic carbocycles. The van der Waals surface area contributed by atoms with Crippen LogP contribution in [0.1, 0.15) is 36.8 Å². The first-order valence-corrected chi connectivity index (χ1v) is 8.81. The Labute approximate surface area is 147 Å². The van der Waals surface area contributed by atoms with Gasteiger partial charge in [-0.3, -0.25) is 9.59 Å². The van der Waals surface area contributed by atoms with Crippen molar-refractivity contribution in [1.82, 2.24) is 4.90 Å². The highest BCUT2D eigenvalue weighted by molar-refractivity contribution is 6.10. The fourth-order valence-corrected chi connectivity index (χ4v) is 3.92. The maximum Gasteiger partial charge on any atom is 0.326 e. The molecule has 0 aromatic heterocycles. The molecule has 0 radical (unpaired) electrons. The fourth-order valence-electron chi connectivity index (χ4n) is 3.92. The molecule has 25 heavy (non-hydrogen) atoms. The van der Waals surface area contributed by atoms with Crippen molar-refractivity contribution in [2.45, 2.75) is 45.6 Å².